The Balaban J connectivity index is 2.53. The van der Waals surface area contributed by atoms with Gasteiger partial charge in [-0.05, 0) is 24.6 Å². The minimum Gasteiger partial charge on any atom is -0.463 e. The Morgan fingerprint density at radius 3 is 2.65 bits per heavy atom. The van der Waals surface area contributed by atoms with E-state index in [1.54, 1.807) is 31.2 Å². The number of carbonyl (C=O) groups is 1. The molecular weight excluding hydrogens is 214 g/mol. The van der Waals surface area contributed by atoms with E-state index >= 15 is 0 Å². The second-order valence-electron chi connectivity index (χ2n) is 3.20. The molecule has 0 aliphatic rings. The van der Waals surface area contributed by atoms with Crippen LogP contribution in [-0.4, -0.2) is 12.6 Å². The lowest BCUT2D eigenvalue weighted by Gasteiger charge is -1.93. The highest BCUT2D eigenvalue weighted by atomic mass is 16.5. The van der Waals surface area contributed by atoms with E-state index in [0.717, 1.165) is 5.56 Å². The Morgan fingerprint density at radius 1 is 1.35 bits per heavy atom. The summed E-state index contributed by atoms with van der Waals surface area (Å²) in [5.74, 6) is -0.350. The molecule has 0 bridgehead atoms. The summed E-state index contributed by atoms with van der Waals surface area (Å²) in [5.41, 5.74) is 1.60. The molecule has 0 unspecified atom stereocenters. The molecule has 0 N–H and O–H groups in total. The summed E-state index contributed by atoms with van der Waals surface area (Å²) in [6.45, 7) is 2.14. The van der Waals surface area contributed by atoms with Crippen molar-refractivity contribution in [3.63, 3.8) is 0 Å². The van der Waals surface area contributed by atoms with Gasteiger partial charge in [0.2, 0.25) is 0 Å². The minimum atomic E-state index is -0.350. The molecule has 3 nitrogen and oxygen atoms in total. The predicted molar refractivity (Wildman–Crippen MR) is 66.0 cm³/mol. The van der Waals surface area contributed by atoms with E-state index in [-0.39, 0.29) is 5.97 Å². The molecular formula is C14H13NO2. The summed E-state index contributed by atoms with van der Waals surface area (Å²) in [7, 11) is 0. The first-order valence-corrected chi connectivity index (χ1v) is 5.28. The van der Waals surface area contributed by atoms with Crippen LogP contribution in [0.3, 0.4) is 0 Å². The molecule has 0 aromatic heterocycles. The number of ether oxygens (including phenoxy) is 1. The van der Waals surface area contributed by atoms with E-state index < -0.39 is 0 Å². The van der Waals surface area contributed by atoms with Crippen LogP contribution < -0.4 is 0 Å². The molecule has 17 heavy (non-hydrogen) atoms. The molecule has 86 valence electrons. The van der Waals surface area contributed by atoms with Crippen LogP contribution >= 0.6 is 0 Å². The van der Waals surface area contributed by atoms with Crippen LogP contribution in [0.1, 0.15) is 18.1 Å². The largest absolute Gasteiger partial charge is 0.463 e. The van der Waals surface area contributed by atoms with Crippen molar-refractivity contribution in [2.24, 2.45) is 0 Å². The van der Waals surface area contributed by atoms with E-state index in [1.165, 1.54) is 6.08 Å². The fourth-order valence-corrected chi connectivity index (χ4v) is 1.16. The lowest BCUT2D eigenvalue weighted by Crippen LogP contribution is -1.98. The van der Waals surface area contributed by atoms with E-state index in [9.17, 15) is 4.79 Å². The first kappa shape index (κ1) is 12.7. The Morgan fingerprint density at radius 2 is 2.06 bits per heavy atom. The van der Waals surface area contributed by atoms with Gasteiger partial charge in [-0.3, -0.25) is 0 Å². The fraction of sp³-hybridized carbons (Fsp3) is 0.143. The highest BCUT2D eigenvalue weighted by Gasteiger charge is 1.91. The van der Waals surface area contributed by atoms with Crippen LogP contribution in [0.5, 0.6) is 0 Å². The van der Waals surface area contributed by atoms with Crippen LogP contribution in [0.15, 0.2) is 42.5 Å². The maximum absolute atomic E-state index is 11.0. The molecule has 0 heterocycles. The van der Waals surface area contributed by atoms with E-state index in [4.69, 9.17) is 10.00 Å². The molecule has 0 fully saturated rings. The third-order valence-corrected chi connectivity index (χ3v) is 1.96. The SMILES string of the molecule is CCOC(=O)/C=C/C=C/c1ccc(C#N)cc1. The fourth-order valence-electron chi connectivity index (χ4n) is 1.16. The number of esters is 1. The van der Waals surface area contributed by atoms with Gasteiger partial charge >= 0.3 is 5.97 Å². The number of carbonyl (C=O) groups excluding carboxylic acids is 1. The summed E-state index contributed by atoms with van der Waals surface area (Å²) in [6, 6.07) is 9.22. The number of benzene rings is 1. The molecule has 0 spiro atoms. The van der Waals surface area contributed by atoms with Crippen molar-refractivity contribution in [1.82, 2.24) is 0 Å². The van der Waals surface area contributed by atoms with Gasteiger partial charge in [0.1, 0.15) is 0 Å². The van der Waals surface area contributed by atoms with E-state index in [0.29, 0.717) is 12.2 Å². The van der Waals surface area contributed by atoms with Crippen molar-refractivity contribution in [2.45, 2.75) is 6.92 Å². The zero-order chi connectivity index (χ0) is 12.5. The highest BCUT2D eigenvalue weighted by molar-refractivity contribution is 5.82. The Hall–Kier alpha value is -2.34. The average Bonchev–Trinajstić information content (AvgIpc) is 2.36. The molecule has 0 atom stereocenters. The average molecular weight is 227 g/mol. The van der Waals surface area contributed by atoms with Gasteiger partial charge in [-0.15, -0.1) is 0 Å². The number of nitrogens with zero attached hydrogens (tertiary/aromatic N) is 1. The molecule has 1 aromatic carbocycles. The summed E-state index contributed by atoms with van der Waals surface area (Å²) in [6.07, 6.45) is 6.58. The zero-order valence-electron chi connectivity index (χ0n) is 9.59. The van der Waals surface area contributed by atoms with Crippen LogP contribution in [0, 0.1) is 11.3 Å². The Kier molecular flexibility index (Phi) is 5.26. The quantitative estimate of drug-likeness (QED) is 0.451. The molecule has 3 heteroatoms. The lowest BCUT2D eigenvalue weighted by atomic mass is 10.1. The van der Waals surface area contributed by atoms with Gasteiger partial charge in [-0.2, -0.15) is 5.26 Å². The second kappa shape index (κ2) is 7.02. The molecule has 0 aliphatic heterocycles. The third kappa shape index (κ3) is 4.80. The van der Waals surface area contributed by atoms with Crippen molar-refractivity contribution in [3.8, 4) is 6.07 Å². The smallest absolute Gasteiger partial charge is 0.330 e. The minimum absolute atomic E-state index is 0.350. The molecule has 1 aromatic rings. The number of rotatable bonds is 4. The van der Waals surface area contributed by atoms with Gasteiger partial charge in [0.05, 0.1) is 18.2 Å². The van der Waals surface area contributed by atoms with E-state index in [2.05, 4.69) is 6.07 Å². The van der Waals surface area contributed by atoms with Crippen molar-refractivity contribution in [3.05, 3.63) is 53.6 Å². The standard InChI is InChI=1S/C14H13NO2/c1-2-17-14(16)6-4-3-5-12-7-9-13(11-15)10-8-12/h3-10H,2H2,1H3/b5-3+,6-4+. The van der Waals surface area contributed by atoms with Gasteiger partial charge in [0.15, 0.2) is 0 Å². The third-order valence-electron chi connectivity index (χ3n) is 1.96. The molecule has 0 saturated heterocycles. The monoisotopic (exact) mass is 227 g/mol. The van der Waals surface area contributed by atoms with Crippen molar-refractivity contribution in [1.29, 1.82) is 5.26 Å². The number of hydrogen-bond donors (Lipinski definition) is 0. The first-order valence-electron chi connectivity index (χ1n) is 5.28. The van der Waals surface area contributed by atoms with E-state index in [1.807, 2.05) is 18.2 Å². The highest BCUT2D eigenvalue weighted by Crippen LogP contribution is 2.05. The topological polar surface area (TPSA) is 50.1 Å². The van der Waals surface area contributed by atoms with Crippen molar-refractivity contribution in [2.75, 3.05) is 6.61 Å². The van der Waals surface area contributed by atoms with Crippen molar-refractivity contribution >= 4 is 12.0 Å². The predicted octanol–water partition coefficient (Wildman–Crippen LogP) is 2.69. The van der Waals surface area contributed by atoms with Crippen molar-refractivity contribution < 1.29 is 9.53 Å². The Labute approximate surface area is 101 Å². The number of allylic oxidation sites excluding steroid dienone is 2. The van der Waals surface area contributed by atoms with Gasteiger partial charge in [0.25, 0.3) is 0 Å². The summed E-state index contributed by atoms with van der Waals surface area (Å²) < 4.78 is 4.73. The zero-order valence-corrected chi connectivity index (χ0v) is 9.59. The maximum Gasteiger partial charge on any atom is 0.330 e. The normalized spacial score (nSPS) is 10.6. The summed E-state index contributed by atoms with van der Waals surface area (Å²) in [5, 5.41) is 8.62. The van der Waals surface area contributed by atoms with Crippen LogP contribution in [0.25, 0.3) is 6.08 Å². The molecule has 1 rings (SSSR count). The Bertz CT molecular complexity index is 464. The second-order valence-corrected chi connectivity index (χ2v) is 3.20. The first-order chi connectivity index (χ1) is 8.26. The van der Waals surface area contributed by atoms with Crippen LogP contribution in [0.4, 0.5) is 0 Å². The van der Waals surface area contributed by atoms with Gasteiger partial charge in [0, 0.05) is 6.08 Å². The van der Waals surface area contributed by atoms with Gasteiger partial charge < -0.3 is 4.74 Å². The molecule has 0 amide bonds. The van der Waals surface area contributed by atoms with Gasteiger partial charge in [-0.1, -0.05) is 30.4 Å². The van der Waals surface area contributed by atoms with Crippen LogP contribution in [-0.2, 0) is 9.53 Å². The summed E-state index contributed by atoms with van der Waals surface area (Å²) >= 11 is 0. The molecule has 0 radical (unpaired) electrons. The number of hydrogen-bond acceptors (Lipinski definition) is 3. The number of nitriles is 1. The molecule has 0 saturated carbocycles. The van der Waals surface area contributed by atoms with Crippen LogP contribution in [0.2, 0.25) is 0 Å². The maximum atomic E-state index is 11.0. The lowest BCUT2D eigenvalue weighted by molar-refractivity contribution is -0.137. The summed E-state index contributed by atoms with van der Waals surface area (Å²) in [4.78, 5) is 11.0. The molecule has 0 aliphatic carbocycles. The van der Waals surface area contributed by atoms with Gasteiger partial charge in [-0.25, -0.2) is 4.79 Å².